The van der Waals surface area contributed by atoms with Crippen LogP contribution in [0.5, 0.6) is 0 Å². The Balaban J connectivity index is 1.82. The van der Waals surface area contributed by atoms with Crippen molar-refractivity contribution in [1.82, 2.24) is 9.78 Å². The predicted molar refractivity (Wildman–Crippen MR) is 75.6 cm³/mol. The molecule has 0 spiro atoms. The van der Waals surface area contributed by atoms with Crippen molar-refractivity contribution in [3.05, 3.63) is 41.6 Å². The van der Waals surface area contributed by atoms with Crippen molar-refractivity contribution in [2.45, 2.75) is 19.8 Å². The maximum Gasteiger partial charge on any atom is 0.147 e. The Hall–Kier alpha value is -1.97. The van der Waals surface area contributed by atoms with Crippen molar-refractivity contribution < 1.29 is 0 Å². The van der Waals surface area contributed by atoms with Gasteiger partial charge in [-0.25, -0.2) is 0 Å². The van der Waals surface area contributed by atoms with Crippen molar-refractivity contribution in [2.75, 3.05) is 17.6 Å². The summed E-state index contributed by atoms with van der Waals surface area (Å²) in [5.41, 5.74) is 8.95. The first-order chi connectivity index (χ1) is 8.68. The average molecular weight is 244 g/mol. The van der Waals surface area contributed by atoms with E-state index in [1.165, 1.54) is 5.56 Å². The van der Waals surface area contributed by atoms with Gasteiger partial charge in [0.2, 0.25) is 0 Å². The highest BCUT2D eigenvalue weighted by Gasteiger charge is 2.08. The molecule has 1 aromatic heterocycles. The lowest BCUT2D eigenvalue weighted by atomic mass is 10.1. The minimum Gasteiger partial charge on any atom is -0.394 e. The highest BCUT2D eigenvalue weighted by Crippen LogP contribution is 2.20. The summed E-state index contributed by atoms with van der Waals surface area (Å²) in [4.78, 5) is 0. The molecule has 0 unspecified atom stereocenters. The number of nitrogens with two attached hydrogens (primary N) is 1. The van der Waals surface area contributed by atoms with Crippen LogP contribution in [0.1, 0.15) is 17.7 Å². The van der Waals surface area contributed by atoms with Crippen LogP contribution in [0.3, 0.4) is 0 Å². The van der Waals surface area contributed by atoms with Gasteiger partial charge in [-0.15, -0.1) is 0 Å². The van der Waals surface area contributed by atoms with Crippen LogP contribution in [0, 0.1) is 6.92 Å². The zero-order valence-electron chi connectivity index (χ0n) is 11.0. The standard InChI is InChI=1S/C14H20N4/c1-11-13(15)14(18(2)17-11)16-10-6-9-12-7-4-3-5-8-12/h3-5,7-8,16H,6,9-10,15H2,1-2H3. The van der Waals surface area contributed by atoms with Crippen molar-refractivity contribution >= 4 is 11.5 Å². The Morgan fingerprint density at radius 3 is 2.61 bits per heavy atom. The first-order valence-electron chi connectivity index (χ1n) is 6.25. The summed E-state index contributed by atoms with van der Waals surface area (Å²) in [7, 11) is 1.91. The molecule has 0 atom stereocenters. The molecule has 0 aliphatic carbocycles. The molecular formula is C14H20N4. The Kier molecular flexibility index (Phi) is 3.87. The number of rotatable bonds is 5. The number of benzene rings is 1. The fourth-order valence-corrected chi connectivity index (χ4v) is 2.03. The molecule has 1 aromatic carbocycles. The van der Waals surface area contributed by atoms with E-state index in [2.05, 4.69) is 34.7 Å². The van der Waals surface area contributed by atoms with Crippen LogP contribution in [0.4, 0.5) is 11.5 Å². The molecule has 96 valence electrons. The lowest BCUT2D eigenvalue weighted by Crippen LogP contribution is -2.08. The van der Waals surface area contributed by atoms with Gasteiger partial charge in [0.25, 0.3) is 0 Å². The molecule has 18 heavy (non-hydrogen) atoms. The number of aryl methyl sites for hydroxylation is 3. The molecule has 0 saturated heterocycles. The van der Waals surface area contributed by atoms with Crippen molar-refractivity contribution in [3.8, 4) is 0 Å². The van der Waals surface area contributed by atoms with Gasteiger partial charge in [0.05, 0.1) is 11.4 Å². The number of nitrogen functional groups attached to an aromatic ring is 1. The van der Waals surface area contributed by atoms with Crippen molar-refractivity contribution in [1.29, 1.82) is 0 Å². The normalized spacial score (nSPS) is 10.6. The minimum atomic E-state index is 0.747. The van der Waals surface area contributed by atoms with E-state index in [0.29, 0.717) is 0 Å². The summed E-state index contributed by atoms with van der Waals surface area (Å²) in [6.07, 6.45) is 2.15. The zero-order chi connectivity index (χ0) is 13.0. The Morgan fingerprint density at radius 2 is 2.00 bits per heavy atom. The minimum absolute atomic E-state index is 0.747. The van der Waals surface area contributed by atoms with Crippen LogP contribution in [0.25, 0.3) is 0 Å². The highest BCUT2D eigenvalue weighted by atomic mass is 15.3. The number of anilines is 2. The van der Waals surface area contributed by atoms with Gasteiger partial charge in [-0.05, 0) is 25.3 Å². The summed E-state index contributed by atoms with van der Waals surface area (Å²) < 4.78 is 1.80. The van der Waals surface area contributed by atoms with E-state index < -0.39 is 0 Å². The number of hydrogen-bond acceptors (Lipinski definition) is 3. The smallest absolute Gasteiger partial charge is 0.147 e. The molecule has 0 aliphatic heterocycles. The molecular weight excluding hydrogens is 224 g/mol. The van der Waals surface area contributed by atoms with Crippen LogP contribution in [-0.4, -0.2) is 16.3 Å². The summed E-state index contributed by atoms with van der Waals surface area (Å²) in [5.74, 6) is 0.917. The largest absolute Gasteiger partial charge is 0.394 e. The van der Waals surface area contributed by atoms with Crippen LogP contribution < -0.4 is 11.1 Å². The first-order valence-corrected chi connectivity index (χ1v) is 6.25. The third-order valence-corrected chi connectivity index (χ3v) is 3.05. The van der Waals surface area contributed by atoms with Gasteiger partial charge in [-0.3, -0.25) is 4.68 Å². The SMILES string of the molecule is Cc1nn(C)c(NCCCc2ccccc2)c1N. The number of aromatic nitrogens is 2. The lowest BCUT2D eigenvalue weighted by Gasteiger charge is -2.07. The topological polar surface area (TPSA) is 55.9 Å². The van der Waals surface area contributed by atoms with Crippen LogP contribution in [0.2, 0.25) is 0 Å². The van der Waals surface area contributed by atoms with E-state index in [4.69, 9.17) is 5.73 Å². The first kappa shape index (κ1) is 12.5. The van der Waals surface area contributed by atoms with Gasteiger partial charge in [0, 0.05) is 13.6 Å². The maximum absolute atomic E-state index is 5.95. The molecule has 0 aliphatic rings. The second kappa shape index (κ2) is 5.58. The van der Waals surface area contributed by atoms with E-state index in [-0.39, 0.29) is 0 Å². The second-order valence-corrected chi connectivity index (χ2v) is 4.49. The quantitative estimate of drug-likeness (QED) is 0.794. The third-order valence-electron chi connectivity index (χ3n) is 3.05. The molecule has 0 amide bonds. The van der Waals surface area contributed by atoms with Gasteiger partial charge >= 0.3 is 0 Å². The summed E-state index contributed by atoms with van der Waals surface area (Å²) in [6.45, 7) is 2.82. The van der Waals surface area contributed by atoms with Gasteiger partial charge in [0.15, 0.2) is 0 Å². The second-order valence-electron chi connectivity index (χ2n) is 4.49. The maximum atomic E-state index is 5.95. The number of hydrogen-bond donors (Lipinski definition) is 2. The summed E-state index contributed by atoms with van der Waals surface area (Å²) in [6, 6.07) is 10.5. The molecule has 0 radical (unpaired) electrons. The molecule has 1 heterocycles. The molecule has 0 bridgehead atoms. The Bertz CT molecular complexity index is 502. The Morgan fingerprint density at radius 1 is 1.28 bits per heavy atom. The Labute approximate surface area is 108 Å². The average Bonchev–Trinajstić information content (AvgIpc) is 2.61. The van der Waals surface area contributed by atoms with E-state index in [0.717, 1.165) is 36.6 Å². The predicted octanol–water partition coefficient (Wildman–Crippen LogP) is 2.36. The van der Waals surface area contributed by atoms with Crippen LogP contribution in [-0.2, 0) is 13.5 Å². The summed E-state index contributed by atoms with van der Waals surface area (Å²) >= 11 is 0. The molecule has 0 saturated carbocycles. The molecule has 3 N–H and O–H groups in total. The van der Waals surface area contributed by atoms with E-state index >= 15 is 0 Å². The fourth-order valence-electron chi connectivity index (χ4n) is 2.03. The lowest BCUT2D eigenvalue weighted by molar-refractivity contribution is 0.751. The van der Waals surface area contributed by atoms with Crippen molar-refractivity contribution in [2.24, 2.45) is 7.05 Å². The van der Waals surface area contributed by atoms with Gasteiger partial charge in [-0.1, -0.05) is 30.3 Å². The van der Waals surface area contributed by atoms with Gasteiger partial charge in [-0.2, -0.15) is 5.10 Å². The monoisotopic (exact) mass is 244 g/mol. The van der Waals surface area contributed by atoms with Crippen LogP contribution in [0.15, 0.2) is 30.3 Å². The number of nitrogens with one attached hydrogen (secondary N) is 1. The molecule has 2 rings (SSSR count). The van der Waals surface area contributed by atoms with Gasteiger partial charge < -0.3 is 11.1 Å². The summed E-state index contributed by atoms with van der Waals surface area (Å²) in [5, 5.41) is 7.62. The van der Waals surface area contributed by atoms with Gasteiger partial charge in [0.1, 0.15) is 5.82 Å². The van der Waals surface area contributed by atoms with Crippen LogP contribution >= 0.6 is 0 Å². The highest BCUT2D eigenvalue weighted by molar-refractivity contribution is 5.64. The van der Waals surface area contributed by atoms with E-state index in [1.807, 2.05) is 20.0 Å². The van der Waals surface area contributed by atoms with Crippen molar-refractivity contribution in [3.63, 3.8) is 0 Å². The van der Waals surface area contributed by atoms with E-state index in [1.54, 1.807) is 4.68 Å². The number of nitrogens with zero attached hydrogens (tertiary/aromatic N) is 2. The molecule has 2 aromatic rings. The molecule has 4 heteroatoms. The van der Waals surface area contributed by atoms with E-state index in [9.17, 15) is 0 Å². The molecule has 0 fully saturated rings. The molecule has 4 nitrogen and oxygen atoms in total. The fraction of sp³-hybridized carbons (Fsp3) is 0.357. The zero-order valence-corrected chi connectivity index (χ0v) is 11.0. The third kappa shape index (κ3) is 2.83.